The van der Waals surface area contributed by atoms with Gasteiger partial charge in [0.25, 0.3) is 10.0 Å². The third-order valence-corrected chi connectivity index (χ3v) is 9.63. The highest BCUT2D eigenvalue weighted by atomic mass is 79.9. The van der Waals surface area contributed by atoms with Gasteiger partial charge in [-0.1, -0.05) is 102 Å². The lowest BCUT2D eigenvalue weighted by atomic mass is 10.0. The van der Waals surface area contributed by atoms with Crippen molar-refractivity contribution in [1.29, 1.82) is 0 Å². The van der Waals surface area contributed by atoms with Crippen LogP contribution >= 0.6 is 15.9 Å². The van der Waals surface area contributed by atoms with Gasteiger partial charge in [-0.15, -0.1) is 0 Å². The molecule has 0 fully saturated rings. The van der Waals surface area contributed by atoms with Crippen molar-refractivity contribution in [3.05, 3.63) is 125 Å². The number of ether oxygens (including phenoxy) is 1. The zero-order chi connectivity index (χ0) is 32.2. The first kappa shape index (κ1) is 33.7. The van der Waals surface area contributed by atoms with Crippen LogP contribution in [-0.2, 0) is 32.6 Å². The van der Waals surface area contributed by atoms with Crippen LogP contribution in [-0.4, -0.2) is 51.4 Å². The molecule has 0 heterocycles. The summed E-state index contributed by atoms with van der Waals surface area (Å²) in [6.45, 7) is 2.05. The summed E-state index contributed by atoms with van der Waals surface area (Å²) in [5, 5.41) is 3.00. The van der Waals surface area contributed by atoms with Gasteiger partial charge in [-0.3, -0.25) is 13.9 Å². The standard InChI is InChI=1S/C35H38BrN3O5S/c1-3-4-23-37-35(41)32(24-27-13-7-5-8-14-27)38(25-28-19-21-29(36)22-20-28)34(40)26-39(31-17-11-12-18-33(31)44-2)45(42,43)30-15-9-6-10-16-30/h5-22,32H,3-4,23-26H2,1-2H3,(H,37,41). The Kier molecular flexibility index (Phi) is 12.2. The number of hydrogen-bond acceptors (Lipinski definition) is 5. The van der Waals surface area contributed by atoms with Crippen molar-refractivity contribution in [2.75, 3.05) is 24.5 Å². The summed E-state index contributed by atoms with van der Waals surface area (Å²) >= 11 is 3.46. The molecule has 4 aromatic rings. The summed E-state index contributed by atoms with van der Waals surface area (Å²) in [7, 11) is -2.77. The Morgan fingerprint density at radius 1 is 0.844 bits per heavy atom. The van der Waals surface area contributed by atoms with E-state index in [1.165, 1.54) is 24.1 Å². The first-order valence-electron chi connectivity index (χ1n) is 14.8. The summed E-state index contributed by atoms with van der Waals surface area (Å²) in [4.78, 5) is 29.9. The molecule has 4 rings (SSSR count). The van der Waals surface area contributed by atoms with Gasteiger partial charge in [0, 0.05) is 24.0 Å². The Labute approximate surface area is 274 Å². The number of unbranched alkanes of at least 4 members (excludes halogenated alkanes) is 1. The maximum Gasteiger partial charge on any atom is 0.264 e. The largest absolute Gasteiger partial charge is 0.495 e. The highest BCUT2D eigenvalue weighted by Crippen LogP contribution is 2.32. The van der Waals surface area contributed by atoms with Crippen LogP contribution in [0.25, 0.3) is 0 Å². The predicted octanol–water partition coefficient (Wildman–Crippen LogP) is 6.21. The van der Waals surface area contributed by atoms with E-state index in [1.807, 2.05) is 61.5 Å². The topological polar surface area (TPSA) is 96.0 Å². The van der Waals surface area contributed by atoms with Crippen LogP contribution in [0.3, 0.4) is 0 Å². The van der Waals surface area contributed by atoms with E-state index in [4.69, 9.17) is 4.74 Å². The molecule has 0 aliphatic rings. The summed E-state index contributed by atoms with van der Waals surface area (Å²) < 4.78 is 35.7. The van der Waals surface area contributed by atoms with Crippen molar-refractivity contribution in [1.82, 2.24) is 10.2 Å². The second-order valence-corrected chi connectivity index (χ2v) is 13.3. The van der Waals surface area contributed by atoms with E-state index in [1.54, 1.807) is 42.5 Å². The zero-order valence-corrected chi connectivity index (χ0v) is 27.8. The fourth-order valence-corrected chi connectivity index (χ4v) is 6.63. The average Bonchev–Trinajstić information content (AvgIpc) is 3.06. The maximum absolute atomic E-state index is 14.5. The van der Waals surface area contributed by atoms with Crippen molar-refractivity contribution >= 4 is 43.5 Å². The highest BCUT2D eigenvalue weighted by Gasteiger charge is 2.35. The average molecular weight is 693 g/mol. The molecule has 0 saturated carbocycles. The van der Waals surface area contributed by atoms with Crippen LogP contribution in [0.15, 0.2) is 119 Å². The fraction of sp³-hybridized carbons (Fsp3) is 0.257. The minimum Gasteiger partial charge on any atom is -0.495 e. The number of sulfonamides is 1. The molecular weight excluding hydrogens is 654 g/mol. The van der Waals surface area contributed by atoms with Crippen LogP contribution in [0.4, 0.5) is 5.69 Å². The summed E-state index contributed by atoms with van der Waals surface area (Å²) in [6.07, 6.45) is 1.94. The first-order valence-corrected chi connectivity index (χ1v) is 17.0. The second kappa shape index (κ2) is 16.2. The van der Waals surface area contributed by atoms with Gasteiger partial charge in [-0.2, -0.15) is 0 Å². The number of hydrogen-bond donors (Lipinski definition) is 1. The Morgan fingerprint density at radius 3 is 2.11 bits per heavy atom. The monoisotopic (exact) mass is 691 g/mol. The third kappa shape index (κ3) is 8.95. The number of halogens is 1. The van der Waals surface area contributed by atoms with Crippen LogP contribution in [0.2, 0.25) is 0 Å². The van der Waals surface area contributed by atoms with E-state index in [2.05, 4.69) is 21.2 Å². The van der Waals surface area contributed by atoms with Gasteiger partial charge in [0.2, 0.25) is 11.8 Å². The van der Waals surface area contributed by atoms with E-state index in [0.717, 1.165) is 32.7 Å². The Hall–Kier alpha value is -4.15. The van der Waals surface area contributed by atoms with E-state index in [-0.39, 0.29) is 29.5 Å². The number of nitrogens with one attached hydrogen (secondary N) is 1. The molecule has 0 aromatic heterocycles. The number of amides is 2. The SMILES string of the molecule is CCCCNC(=O)C(Cc1ccccc1)N(Cc1ccc(Br)cc1)C(=O)CN(c1ccccc1OC)S(=O)(=O)c1ccccc1. The molecule has 0 radical (unpaired) electrons. The number of methoxy groups -OCH3 is 1. The minimum atomic E-state index is -4.22. The molecule has 1 N–H and O–H groups in total. The van der Waals surface area contributed by atoms with Gasteiger partial charge < -0.3 is 15.0 Å². The molecule has 0 spiro atoms. The molecule has 10 heteroatoms. The lowest BCUT2D eigenvalue weighted by molar-refractivity contribution is -0.140. The van der Waals surface area contributed by atoms with Crippen molar-refractivity contribution < 1.29 is 22.7 Å². The number of rotatable bonds is 15. The molecule has 236 valence electrons. The van der Waals surface area contributed by atoms with E-state index >= 15 is 0 Å². The van der Waals surface area contributed by atoms with Crippen LogP contribution in [0.5, 0.6) is 5.75 Å². The highest BCUT2D eigenvalue weighted by molar-refractivity contribution is 9.10. The molecule has 2 amide bonds. The molecule has 4 aromatic carbocycles. The molecule has 0 aliphatic carbocycles. The molecule has 0 bridgehead atoms. The van der Waals surface area contributed by atoms with Crippen molar-refractivity contribution in [3.63, 3.8) is 0 Å². The molecular formula is C35H38BrN3O5S. The number of carbonyl (C=O) groups excluding carboxylic acids is 2. The molecule has 8 nitrogen and oxygen atoms in total. The second-order valence-electron chi connectivity index (χ2n) is 10.5. The number of benzene rings is 4. The third-order valence-electron chi connectivity index (χ3n) is 7.33. The van der Waals surface area contributed by atoms with E-state index < -0.39 is 28.5 Å². The normalized spacial score (nSPS) is 11.8. The number of carbonyl (C=O) groups is 2. The lowest BCUT2D eigenvalue weighted by Gasteiger charge is -2.34. The van der Waals surface area contributed by atoms with Gasteiger partial charge >= 0.3 is 0 Å². The number of para-hydroxylation sites is 2. The fourth-order valence-electron chi connectivity index (χ4n) is 4.92. The zero-order valence-electron chi connectivity index (χ0n) is 25.4. The van der Waals surface area contributed by atoms with Crippen LogP contribution in [0.1, 0.15) is 30.9 Å². The molecule has 0 aliphatic heterocycles. The number of anilines is 1. The van der Waals surface area contributed by atoms with Crippen LogP contribution in [0, 0.1) is 0 Å². The predicted molar refractivity (Wildman–Crippen MR) is 181 cm³/mol. The van der Waals surface area contributed by atoms with Crippen molar-refractivity contribution in [2.24, 2.45) is 0 Å². The molecule has 45 heavy (non-hydrogen) atoms. The van der Waals surface area contributed by atoms with Gasteiger partial charge in [0.15, 0.2) is 0 Å². The summed E-state index contributed by atoms with van der Waals surface area (Å²) in [5.41, 5.74) is 1.88. The molecule has 1 unspecified atom stereocenters. The van der Waals surface area contributed by atoms with E-state index in [0.29, 0.717) is 12.3 Å². The van der Waals surface area contributed by atoms with Gasteiger partial charge in [0.1, 0.15) is 18.3 Å². The maximum atomic E-state index is 14.5. The Balaban J connectivity index is 1.80. The van der Waals surface area contributed by atoms with Gasteiger partial charge in [-0.25, -0.2) is 8.42 Å². The smallest absolute Gasteiger partial charge is 0.264 e. The van der Waals surface area contributed by atoms with E-state index in [9.17, 15) is 18.0 Å². The molecule has 0 saturated heterocycles. The van der Waals surface area contributed by atoms with Gasteiger partial charge in [0.05, 0.1) is 17.7 Å². The first-order chi connectivity index (χ1) is 21.7. The summed E-state index contributed by atoms with van der Waals surface area (Å²) in [5.74, 6) is -0.537. The molecule has 1 atom stereocenters. The van der Waals surface area contributed by atoms with Crippen molar-refractivity contribution in [3.8, 4) is 5.75 Å². The minimum absolute atomic E-state index is 0.0290. The quantitative estimate of drug-likeness (QED) is 0.150. The van der Waals surface area contributed by atoms with Gasteiger partial charge in [-0.05, 0) is 53.9 Å². The van der Waals surface area contributed by atoms with Crippen LogP contribution < -0.4 is 14.4 Å². The number of nitrogens with zero attached hydrogens (tertiary/aromatic N) is 2. The Bertz CT molecular complexity index is 1650. The summed E-state index contributed by atoms with van der Waals surface area (Å²) in [6, 6.07) is 30.7. The lowest BCUT2D eigenvalue weighted by Crippen LogP contribution is -2.53. The van der Waals surface area contributed by atoms with Crippen molar-refractivity contribution in [2.45, 2.75) is 43.7 Å². The Morgan fingerprint density at radius 2 is 1.47 bits per heavy atom.